The quantitative estimate of drug-likeness (QED) is 0.133. The van der Waals surface area contributed by atoms with Crippen molar-refractivity contribution in [3.63, 3.8) is 0 Å². The first-order valence-corrected chi connectivity index (χ1v) is 17.9. The molecule has 0 radical (unpaired) electrons. The van der Waals surface area contributed by atoms with Crippen molar-refractivity contribution in [2.75, 3.05) is 31.5 Å². The molecule has 9 nitrogen and oxygen atoms in total. The van der Waals surface area contributed by atoms with E-state index in [0.29, 0.717) is 22.8 Å². The lowest BCUT2D eigenvalue weighted by Gasteiger charge is -2.52. The van der Waals surface area contributed by atoms with Crippen LogP contribution in [0, 0.1) is 5.92 Å². The van der Waals surface area contributed by atoms with Crippen molar-refractivity contribution >= 4 is 51.0 Å². The topological polar surface area (TPSA) is 125 Å². The molecule has 1 amide bonds. The predicted molar refractivity (Wildman–Crippen MR) is 175 cm³/mol. The molecule has 1 aliphatic carbocycles. The molecule has 1 atom stereocenters. The summed E-state index contributed by atoms with van der Waals surface area (Å²) in [7, 11) is -4.52. The first-order valence-electron chi connectivity index (χ1n) is 15.7. The highest BCUT2D eigenvalue weighted by Crippen LogP contribution is 2.42. The van der Waals surface area contributed by atoms with Crippen LogP contribution in [0.2, 0.25) is 10.0 Å². The third kappa shape index (κ3) is 8.27. The highest BCUT2D eigenvalue weighted by molar-refractivity contribution is 7.85. The van der Waals surface area contributed by atoms with Gasteiger partial charge in [-0.3, -0.25) is 9.59 Å². The van der Waals surface area contributed by atoms with Gasteiger partial charge in [0.1, 0.15) is 22.5 Å². The Bertz CT molecular complexity index is 1610. The van der Waals surface area contributed by atoms with E-state index >= 15 is 0 Å². The molecule has 4 heterocycles. The zero-order valence-corrected chi connectivity index (χ0v) is 27.9. The number of aromatic nitrogens is 1. The Labute approximate surface area is 280 Å². The maximum atomic E-state index is 13.9. The predicted octanol–water partition coefficient (Wildman–Crippen LogP) is 6.36. The number of carbonyl (C=O) groups is 2. The molecule has 3 aromatic rings. The van der Waals surface area contributed by atoms with Crippen molar-refractivity contribution in [2.45, 2.75) is 67.8 Å². The van der Waals surface area contributed by atoms with E-state index in [2.05, 4.69) is 22.4 Å². The van der Waals surface area contributed by atoms with E-state index in [-0.39, 0.29) is 28.0 Å². The number of piperidine rings is 3. The molecule has 12 heteroatoms. The van der Waals surface area contributed by atoms with Crippen LogP contribution in [0.3, 0.4) is 0 Å². The molecular weight excluding hydrogens is 649 g/mol. The van der Waals surface area contributed by atoms with Crippen molar-refractivity contribution in [1.29, 1.82) is 0 Å². The Morgan fingerprint density at radius 2 is 1.63 bits per heavy atom. The number of hydrogen-bond donors (Lipinski definition) is 1. The summed E-state index contributed by atoms with van der Waals surface area (Å²) in [6.45, 7) is 3.08. The second-order valence-electron chi connectivity index (χ2n) is 12.6. The fraction of sp³-hybridized carbons (Fsp3) is 0.441. The number of quaternary nitrogens is 1. The van der Waals surface area contributed by atoms with E-state index in [9.17, 15) is 22.6 Å². The third-order valence-electron chi connectivity index (χ3n) is 9.55. The molecule has 0 unspecified atom stereocenters. The van der Waals surface area contributed by atoms with Crippen LogP contribution in [0.15, 0.2) is 77.8 Å². The average molecular weight is 689 g/mol. The van der Waals surface area contributed by atoms with Gasteiger partial charge in [-0.1, -0.05) is 85.3 Å². The van der Waals surface area contributed by atoms with Gasteiger partial charge in [0.25, 0.3) is 5.91 Å². The molecule has 3 aliphatic heterocycles. The van der Waals surface area contributed by atoms with Gasteiger partial charge in [-0.15, -0.1) is 0 Å². The number of amides is 1. The van der Waals surface area contributed by atoms with E-state index in [1.165, 1.54) is 25.0 Å². The van der Waals surface area contributed by atoms with Crippen LogP contribution in [0.5, 0.6) is 0 Å². The number of rotatable bonds is 7. The van der Waals surface area contributed by atoms with Gasteiger partial charge in [0.15, 0.2) is 12.6 Å². The molecule has 2 bridgehead atoms. The van der Waals surface area contributed by atoms with E-state index in [1.54, 1.807) is 12.3 Å². The summed E-state index contributed by atoms with van der Waals surface area (Å²) in [5, 5.41) is 2.98. The lowest BCUT2D eigenvalue weighted by molar-refractivity contribution is -0.939. The molecule has 1 N–H and O–H groups in total. The lowest BCUT2D eigenvalue weighted by atomic mass is 9.74. The van der Waals surface area contributed by atoms with Crippen LogP contribution in [0.25, 0.3) is 0 Å². The number of esters is 1. The zero-order chi connectivity index (χ0) is 32.8. The monoisotopic (exact) mass is 687 g/mol. The molecule has 1 saturated carbocycles. The number of ether oxygens (including phenoxy) is 1. The van der Waals surface area contributed by atoms with Crippen molar-refractivity contribution in [3.05, 3.63) is 88.5 Å². The molecule has 1 aromatic heterocycles. The van der Waals surface area contributed by atoms with Gasteiger partial charge >= 0.3 is 5.97 Å². The summed E-state index contributed by atoms with van der Waals surface area (Å²) < 4.78 is 38.6. The normalized spacial score (nSPS) is 23.7. The number of nitrogens with one attached hydrogen (secondary N) is 1. The van der Waals surface area contributed by atoms with Gasteiger partial charge in [-0.2, -0.15) is 0 Å². The number of fused-ring (bicyclic) bond motifs is 3. The molecule has 0 spiro atoms. The number of pyridine rings is 1. The van der Waals surface area contributed by atoms with Crippen molar-refractivity contribution in [3.8, 4) is 0 Å². The first kappa shape index (κ1) is 34.3. The van der Waals surface area contributed by atoms with Crippen molar-refractivity contribution in [1.82, 2.24) is 4.98 Å². The van der Waals surface area contributed by atoms with Gasteiger partial charge < -0.3 is 19.1 Å². The lowest BCUT2D eigenvalue weighted by Crippen LogP contribution is -2.66. The SMILES string of the molecule is O=C(C[N+]12CCC(CC1)[C@@H](OC(=O)C1(c3ccccc3)CCCCCC1)C2)Nc1ccccn1.O=S(=O)([O-])c1cc(Cl)ccc1Cl. The maximum Gasteiger partial charge on any atom is 0.317 e. The van der Waals surface area contributed by atoms with Crippen molar-refractivity contribution in [2.24, 2.45) is 5.92 Å². The number of hydrogen-bond acceptors (Lipinski definition) is 7. The van der Waals surface area contributed by atoms with Crippen LogP contribution in [-0.2, 0) is 29.9 Å². The largest absolute Gasteiger partial charge is 0.744 e. The first-order chi connectivity index (χ1) is 22.0. The maximum absolute atomic E-state index is 13.9. The highest BCUT2D eigenvalue weighted by Gasteiger charge is 2.51. The third-order valence-corrected chi connectivity index (χ3v) is 11.1. The summed E-state index contributed by atoms with van der Waals surface area (Å²) in [5.41, 5.74) is 0.562. The van der Waals surface area contributed by atoms with Crippen LogP contribution >= 0.6 is 23.2 Å². The molecule has 4 fully saturated rings. The van der Waals surface area contributed by atoms with E-state index in [0.717, 1.165) is 69.8 Å². The Morgan fingerprint density at radius 1 is 0.957 bits per heavy atom. The van der Waals surface area contributed by atoms with Crippen LogP contribution < -0.4 is 5.32 Å². The fourth-order valence-corrected chi connectivity index (χ4v) is 8.34. The van der Waals surface area contributed by atoms with Crippen LogP contribution in [0.4, 0.5) is 5.82 Å². The minimum Gasteiger partial charge on any atom is -0.744 e. The molecule has 3 saturated heterocycles. The van der Waals surface area contributed by atoms with E-state index < -0.39 is 20.4 Å². The van der Waals surface area contributed by atoms with Gasteiger partial charge in [0.2, 0.25) is 0 Å². The molecule has 7 rings (SSSR count). The van der Waals surface area contributed by atoms with Crippen LogP contribution in [-0.4, -0.2) is 66.6 Å². The smallest absolute Gasteiger partial charge is 0.317 e. The summed E-state index contributed by atoms with van der Waals surface area (Å²) in [4.78, 5) is 30.4. The number of nitrogens with zero attached hydrogens (tertiary/aromatic N) is 2. The van der Waals surface area contributed by atoms with Gasteiger partial charge in [-0.05, 0) is 48.7 Å². The molecule has 46 heavy (non-hydrogen) atoms. The van der Waals surface area contributed by atoms with Crippen molar-refractivity contribution < 1.29 is 31.8 Å². The van der Waals surface area contributed by atoms with Crippen LogP contribution in [0.1, 0.15) is 56.9 Å². The Hall–Kier alpha value is -3.02. The number of halogens is 2. The standard InChI is InChI=1S/C28H35N3O3.C6H4Cl2O3S/c32-26(30-25-12-6-9-17-29-25)21-31-18-13-22(14-19-31)24(20-31)34-27(33)28(15-7-1-2-8-16-28)23-10-4-3-5-11-23;7-4-1-2-5(8)6(3-4)12(9,10)11/h3-6,9-12,17,22,24H,1-2,7-8,13-16,18-21H2;1-3H,(H,9,10,11)/t22?,24-,31?;/m0./s1. The van der Waals surface area contributed by atoms with E-state index in [4.69, 9.17) is 27.9 Å². The summed E-state index contributed by atoms with van der Waals surface area (Å²) >= 11 is 10.9. The molecule has 4 aliphatic rings. The second-order valence-corrected chi connectivity index (χ2v) is 14.8. The summed E-state index contributed by atoms with van der Waals surface area (Å²) in [6, 6.07) is 19.5. The van der Waals surface area contributed by atoms with Gasteiger partial charge in [0, 0.05) is 30.0 Å². The summed E-state index contributed by atoms with van der Waals surface area (Å²) in [6.07, 6.45) is 9.79. The fourth-order valence-electron chi connectivity index (χ4n) is 7.12. The minimum absolute atomic E-state index is 0.0198. The Balaban J connectivity index is 0.000000293. The number of benzene rings is 2. The Morgan fingerprint density at radius 3 is 2.24 bits per heavy atom. The minimum atomic E-state index is -4.52. The second kappa shape index (κ2) is 14.8. The zero-order valence-electron chi connectivity index (χ0n) is 25.6. The van der Waals surface area contributed by atoms with Gasteiger partial charge in [0.05, 0.1) is 28.4 Å². The molecule has 246 valence electrons. The average Bonchev–Trinajstić information content (AvgIpc) is 3.31. The van der Waals surface area contributed by atoms with E-state index in [1.807, 2.05) is 30.3 Å². The molecule has 2 aromatic carbocycles. The number of anilines is 1. The highest BCUT2D eigenvalue weighted by atomic mass is 35.5. The molecular formula is C34H39Cl2N3O6S. The van der Waals surface area contributed by atoms with Gasteiger partial charge in [-0.25, -0.2) is 13.4 Å². The Kier molecular flexibility index (Phi) is 11.1. The summed E-state index contributed by atoms with van der Waals surface area (Å²) in [5.74, 6) is 0.921. The number of carbonyl (C=O) groups excluding carboxylic acids is 2.